The number of aromatic hydroxyl groups is 1. The van der Waals surface area contributed by atoms with Crippen molar-refractivity contribution >= 4 is 17.6 Å². The Morgan fingerprint density at radius 2 is 1.86 bits per heavy atom. The number of esters is 1. The van der Waals surface area contributed by atoms with Crippen LogP contribution >= 0.6 is 0 Å². The molecule has 21 heavy (non-hydrogen) atoms. The lowest BCUT2D eigenvalue weighted by Gasteiger charge is -2.09. The molecule has 2 N–H and O–H groups in total. The van der Waals surface area contributed by atoms with Gasteiger partial charge in [-0.25, -0.2) is 4.79 Å². The van der Waals surface area contributed by atoms with Crippen LogP contribution in [0.3, 0.4) is 0 Å². The molecule has 0 bridgehead atoms. The van der Waals surface area contributed by atoms with Crippen molar-refractivity contribution in [1.29, 1.82) is 0 Å². The van der Waals surface area contributed by atoms with Gasteiger partial charge in [-0.2, -0.15) is 0 Å². The lowest BCUT2D eigenvalue weighted by atomic mass is 10.1. The van der Waals surface area contributed by atoms with E-state index in [1.807, 2.05) is 30.3 Å². The molecule has 0 heterocycles. The molecule has 0 saturated heterocycles. The smallest absolute Gasteiger partial charge is 0.337 e. The second kappa shape index (κ2) is 6.56. The fourth-order valence-corrected chi connectivity index (χ4v) is 1.86. The lowest BCUT2D eigenvalue weighted by molar-refractivity contribution is -0.115. The van der Waals surface area contributed by atoms with Crippen LogP contribution in [0, 0.1) is 0 Å². The van der Waals surface area contributed by atoms with Gasteiger partial charge in [0.2, 0.25) is 5.91 Å². The molecule has 2 rings (SSSR count). The minimum atomic E-state index is -0.534. The molecule has 0 unspecified atom stereocenters. The van der Waals surface area contributed by atoms with Crippen LogP contribution in [0.4, 0.5) is 5.69 Å². The maximum Gasteiger partial charge on any atom is 0.337 e. The van der Waals surface area contributed by atoms with Crippen LogP contribution in [0.2, 0.25) is 0 Å². The summed E-state index contributed by atoms with van der Waals surface area (Å²) in [5.41, 5.74) is 1.29. The molecule has 1 amide bonds. The molecule has 0 saturated carbocycles. The fourth-order valence-electron chi connectivity index (χ4n) is 1.86. The van der Waals surface area contributed by atoms with Gasteiger partial charge in [0.25, 0.3) is 0 Å². The zero-order chi connectivity index (χ0) is 15.2. The number of benzene rings is 2. The van der Waals surface area contributed by atoms with Crippen molar-refractivity contribution in [3.8, 4) is 5.75 Å². The van der Waals surface area contributed by atoms with Gasteiger partial charge in [0, 0.05) is 0 Å². The first-order valence-electron chi connectivity index (χ1n) is 6.35. The second-order valence-corrected chi connectivity index (χ2v) is 4.43. The molecule has 5 nitrogen and oxygen atoms in total. The first kappa shape index (κ1) is 14.6. The third-order valence-corrected chi connectivity index (χ3v) is 2.90. The van der Waals surface area contributed by atoms with Crippen LogP contribution in [0.1, 0.15) is 15.9 Å². The van der Waals surface area contributed by atoms with Crippen molar-refractivity contribution in [2.45, 2.75) is 6.42 Å². The SMILES string of the molecule is COC(=O)c1ccc(O)c(NC(=O)Cc2ccccc2)c1. The largest absolute Gasteiger partial charge is 0.506 e. The number of ether oxygens (including phenoxy) is 1. The van der Waals surface area contributed by atoms with E-state index in [4.69, 9.17) is 0 Å². The van der Waals surface area contributed by atoms with E-state index in [0.29, 0.717) is 0 Å². The predicted octanol–water partition coefficient (Wildman–Crippen LogP) is 2.36. The summed E-state index contributed by atoms with van der Waals surface area (Å²) >= 11 is 0. The van der Waals surface area contributed by atoms with E-state index in [1.165, 1.54) is 25.3 Å². The Labute approximate surface area is 122 Å². The van der Waals surface area contributed by atoms with E-state index in [1.54, 1.807) is 0 Å². The summed E-state index contributed by atoms with van der Waals surface area (Å²) in [6, 6.07) is 13.4. The molecule has 5 heteroatoms. The van der Waals surface area contributed by atoms with Gasteiger partial charge in [0.15, 0.2) is 0 Å². The summed E-state index contributed by atoms with van der Waals surface area (Å²) in [5, 5.41) is 12.3. The van der Waals surface area contributed by atoms with Gasteiger partial charge in [-0.3, -0.25) is 4.79 Å². The van der Waals surface area contributed by atoms with Crippen molar-refractivity contribution in [1.82, 2.24) is 0 Å². The average molecular weight is 285 g/mol. The second-order valence-electron chi connectivity index (χ2n) is 4.43. The number of carbonyl (C=O) groups is 2. The maximum atomic E-state index is 11.9. The van der Waals surface area contributed by atoms with Gasteiger partial charge in [-0.05, 0) is 23.8 Å². The highest BCUT2D eigenvalue weighted by Gasteiger charge is 2.12. The van der Waals surface area contributed by atoms with E-state index in [0.717, 1.165) is 5.56 Å². The van der Waals surface area contributed by atoms with Crippen LogP contribution in [-0.4, -0.2) is 24.1 Å². The monoisotopic (exact) mass is 285 g/mol. The normalized spacial score (nSPS) is 9.95. The molecular formula is C16H15NO4. The number of phenolic OH excluding ortho intramolecular Hbond substituents is 1. The number of methoxy groups -OCH3 is 1. The van der Waals surface area contributed by atoms with Crippen molar-refractivity contribution in [2.24, 2.45) is 0 Å². The van der Waals surface area contributed by atoms with E-state index in [2.05, 4.69) is 10.1 Å². The number of rotatable bonds is 4. The van der Waals surface area contributed by atoms with Gasteiger partial charge in [-0.1, -0.05) is 30.3 Å². The van der Waals surface area contributed by atoms with Crippen LogP contribution in [0.15, 0.2) is 48.5 Å². The standard InChI is InChI=1S/C16H15NO4/c1-21-16(20)12-7-8-14(18)13(10-12)17-15(19)9-11-5-3-2-4-6-11/h2-8,10,18H,9H2,1H3,(H,17,19). The van der Waals surface area contributed by atoms with E-state index >= 15 is 0 Å². The molecule has 2 aromatic carbocycles. The molecule has 0 atom stereocenters. The highest BCUT2D eigenvalue weighted by atomic mass is 16.5. The topological polar surface area (TPSA) is 75.6 Å². The van der Waals surface area contributed by atoms with Crippen LogP contribution < -0.4 is 5.32 Å². The van der Waals surface area contributed by atoms with E-state index in [-0.39, 0.29) is 29.3 Å². The first-order chi connectivity index (χ1) is 10.1. The Balaban J connectivity index is 2.11. The highest BCUT2D eigenvalue weighted by Crippen LogP contribution is 2.24. The van der Waals surface area contributed by atoms with Crippen molar-refractivity contribution in [3.05, 3.63) is 59.7 Å². The van der Waals surface area contributed by atoms with Crippen molar-refractivity contribution < 1.29 is 19.4 Å². The summed E-state index contributed by atoms with van der Waals surface area (Å²) in [6.45, 7) is 0. The average Bonchev–Trinajstić information content (AvgIpc) is 2.49. The highest BCUT2D eigenvalue weighted by molar-refractivity contribution is 5.96. The Bertz CT molecular complexity index is 653. The minimum absolute atomic E-state index is 0.107. The number of anilines is 1. The molecule has 108 valence electrons. The molecule has 0 radical (unpaired) electrons. The van der Waals surface area contributed by atoms with Crippen molar-refractivity contribution in [2.75, 3.05) is 12.4 Å². The number of amides is 1. The molecule has 0 aliphatic carbocycles. The number of phenols is 1. The summed E-state index contributed by atoms with van der Waals surface area (Å²) in [6.07, 6.45) is 0.183. The number of carbonyl (C=O) groups excluding carboxylic acids is 2. The third kappa shape index (κ3) is 3.82. The number of nitrogens with one attached hydrogen (secondary N) is 1. The lowest BCUT2D eigenvalue weighted by Crippen LogP contribution is -2.15. The summed E-state index contributed by atoms with van der Waals surface area (Å²) < 4.78 is 4.60. The van der Waals surface area contributed by atoms with Gasteiger partial charge >= 0.3 is 5.97 Å². The first-order valence-corrected chi connectivity index (χ1v) is 6.35. The van der Waals surface area contributed by atoms with Gasteiger partial charge in [0.1, 0.15) is 5.75 Å². The Hall–Kier alpha value is -2.82. The van der Waals surface area contributed by atoms with Crippen molar-refractivity contribution in [3.63, 3.8) is 0 Å². The Kier molecular flexibility index (Phi) is 4.56. The van der Waals surface area contributed by atoms with E-state index < -0.39 is 5.97 Å². The predicted molar refractivity (Wildman–Crippen MR) is 78.2 cm³/mol. The minimum Gasteiger partial charge on any atom is -0.506 e. The Morgan fingerprint density at radius 1 is 1.14 bits per heavy atom. The Morgan fingerprint density at radius 3 is 2.52 bits per heavy atom. The summed E-state index contributed by atoms with van der Waals surface area (Å²) in [4.78, 5) is 23.4. The third-order valence-electron chi connectivity index (χ3n) is 2.90. The fraction of sp³-hybridized carbons (Fsp3) is 0.125. The number of hydrogen-bond acceptors (Lipinski definition) is 4. The van der Waals surface area contributed by atoms with Gasteiger partial charge in [-0.15, -0.1) is 0 Å². The zero-order valence-corrected chi connectivity index (χ0v) is 11.5. The molecule has 0 fully saturated rings. The van der Waals surface area contributed by atoms with Gasteiger partial charge in [0.05, 0.1) is 24.8 Å². The molecular weight excluding hydrogens is 270 g/mol. The van der Waals surface area contributed by atoms with Gasteiger partial charge < -0.3 is 15.2 Å². The quantitative estimate of drug-likeness (QED) is 0.668. The van der Waals surface area contributed by atoms with Crippen LogP contribution in [-0.2, 0) is 16.0 Å². The van der Waals surface area contributed by atoms with E-state index in [9.17, 15) is 14.7 Å². The maximum absolute atomic E-state index is 11.9. The zero-order valence-electron chi connectivity index (χ0n) is 11.5. The summed E-state index contributed by atoms with van der Waals surface area (Å²) in [5.74, 6) is -0.920. The van der Waals surface area contributed by atoms with Crippen LogP contribution in [0.5, 0.6) is 5.75 Å². The number of hydrogen-bond donors (Lipinski definition) is 2. The van der Waals surface area contributed by atoms with Crippen LogP contribution in [0.25, 0.3) is 0 Å². The molecule has 0 spiro atoms. The molecule has 2 aromatic rings. The summed E-state index contributed by atoms with van der Waals surface area (Å²) in [7, 11) is 1.27. The molecule has 0 aliphatic rings. The molecule has 0 aliphatic heterocycles. The molecule has 0 aromatic heterocycles.